The first-order valence-corrected chi connectivity index (χ1v) is 11.2. The minimum Gasteiger partial charge on any atom is -0.495 e. The SMILES string of the molecule is COc1ccc(S(=O)(=O)Nc2ccccc2OC)cc1NC(=O)COc1cccc(Cl)c1. The highest BCUT2D eigenvalue weighted by atomic mass is 35.5. The number of carbonyl (C=O) groups excluding carboxylic acids is 1. The molecule has 3 rings (SSSR count). The highest BCUT2D eigenvalue weighted by Gasteiger charge is 2.19. The van der Waals surface area contributed by atoms with Crippen molar-refractivity contribution in [3.63, 3.8) is 0 Å². The number of ether oxygens (including phenoxy) is 3. The van der Waals surface area contributed by atoms with E-state index in [1.54, 1.807) is 48.5 Å². The lowest BCUT2D eigenvalue weighted by Crippen LogP contribution is -2.21. The summed E-state index contributed by atoms with van der Waals surface area (Å²) in [5.41, 5.74) is 0.460. The average molecular weight is 477 g/mol. The summed E-state index contributed by atoms with van der Waals surface area (Å²) in [4.78, 5) is 12.3. The predicted molar refractivity (Wildman–Crippen MR) is 122 cm³/mol. The van der Waals surface area contributed by atoms with Gasteiger partial charge in [0.2, 0.25) is 0 Å². The Balaban J connectivity index is 1.77. The molecular formula is C22H21ClN2O6S. The van der Waals surface area contributed by atoms with E-state index in [1.807, 2.05) is 0 Å². The maximum Gasteiger partial charge on any atom is 0.262 e. The molecule has 0 unspecified atom stereocenters. The van der Waals surface area contributed by atoms with Crippen LogP contribution in [0, 0.1) is 0 Å². The monoisotopic (exact) mass is 476 g/mol. The highest BCUT2D eigenvalue weighted by molar-refractivity contribution is 7.92. The van der Waals surface area contributed by atoms with Crippen LogP contribution in [0.3, 0.4) is 0 Å². The molecule has 0 fully saturated rings. The third kappa shape index (κ3) is 5.83. The topological polar surface area (TPSA) is 103 Å². The Labute approximate surface area is 191 Å². The molecule has 10 heteroatoms. The van der Waals surface area contributed by atoms with Crippen molar-refractivity contribution < 1.29 is 27.4 Å². The normalized spacial score (nSPS) is 10.8. The van der Waals surface area contributed by atoms with Crippen molar-refractivity contribution in [3.8, 4) is 17.2 Å². The van der Waals surface area contributed by atoms with Crippen LogP contribution in [0.1, 0.15) is 0 Å². The Bertz CT molecular complexity index is 1220. The summed E-state index contributed by atoms with van der Waals surface area (Å²) in [5.74, 6) is 0.584. The van der Waals surface area contributed by atoms with Gasteiger partial charge >= 0.3 is 0 Å². The molecule has 0 saturated heterocycles. The zero-order chi connectivity index (χ0) is 23.1. The number of carbonyl (C=O) groups is 1. The van der Waals surface area contributed by atoms with Crippen LogP contribution >= 0.6 is 11.6 Å². The van der Waals surface area contributed by atoms with Crippen LogP contribution in [-0.4, -0.2) is 35.2 Å². The molecule has 0 aliphatic heterocycles. The van der Waals surface area contributed by atoms with Crippen LogP contribution < -0.4 is 24.2 Å². The predicted octanol–water partition coefficient (Wildman–Crippen LogP) is 4.18. The Kier molecular flexibility index (Phi) is 7.45. The second kappa shape index (κ2) is 10.3. The highest BCUT2D eigenvalue weighted by Crippen LogP contribution is 2.30. The van der Waals surface area contributed by atoms with Crippen LogP contribution in [0.4, 0.5) is 11.4 Å². The van der Waals surface area contributed by atoms with E-state index >= 15 is 0 Å². The van der Waals surface area contributed by atoms with Gasteiger partial charge in [0, 0.05) is 5.02 Å². The number of benzene rings is 3. The third-order valence-electron chi connectivity index (χ3n) is 4.27. The van der Waals surface area contributed by atoms with Crippen LogP contribution in [0.25, 0.3) is 0 Å². The number of hydrogen-bond donors (Lipinski definition) is 2. The summed E-state index contributed by atoms with van der Waals surface area (Å²) in [6.45, 7) is -0.306. The molecule has 0 radical (unpaired) electrons. The fraction of sp³-hybridized carbons (Fsp3) is 0.136. The molecule has 3 aromatic carbocycles. The Hall–Kier alpha value is -3.43. The van der Waals surface area contributed by atoms with Crippen molar-refractivity contribution in [2.45, 2.75) is 4.90 Å². The van der Waals surface area contributed by atoms with Gasteiger partial charge in [-0.25, -0.2) is 8.42 Å². The largest absolute Gasteiger partial charge is 0.495 e. The molecule has 1 amide bonds. The number of hydrogen-bond acceptors (Lipinski definition) is 6. The quantitative estimate of drug-likeness (QED) is 0.480. The van der Waals surface area contributed by atoms with E-state index in [4.69, 9.17) is 25.8 Å². The summed E-state index contributed by atoms with van der Waals surface area (Å²) in [7, 11) is -1.12. The minimum atomic E-state index is -3.97. The van der Waals surface area contributed by atoms with Gasteiger partial charge in [-0.15, -0.1) is 0 Å². The zero-order valence-electron chi connectivity index (χ0n) is 17.3. The van der Waals surface area contributed by atoms with Crippen LogP contribution in [-0.2, 0) is 14.8 Å². The van der Waals surface area contributed by atoms with E-state index < -0.39 is 15.9 Å². The van der Waals surface area contributed by atoms with Crippen LogP contribution in [0.15, 0.2) is 71.6 Å². The van der Waals surface area contributed by atoms with Crippen molar-refractivity contribution in [1.29, 1.82) is 0 Å². The number of anilines is 2. The fourth-order valence-corrected chi connectivity index (χ4v) is 4.05. The molecule has 0 bridgehead atoms. The first-order valence-electron chi connectivity index (χ1n) is 9.34. The van der Waals surface area contributed by atoms with Crippen molar-refractivity contribution in [2.75, 3.05) is 30.9 Å². The smallest absolute Gasteiger partial charge is 0.262 e. The van der Waals surface area contributed by atoms with Gasteiger partial charge in [-0.1, -0.05) is 29.8 Å². The molecular weight excluding hydrogens is 456 g/mol. The molecule has 0 saturated carbocycles. The van der Waals surface area contributed by atoms with Crippen LogP contribution in [0.5, 0.6) is 17.2 Å². The van der Waals surface area contributed by atoms with Gasteiger partial charge in [0.05, 0.1) is 30.5 Å². The molecule has 0 aromatic heterocycles. The second-order valence-corrected chi connectivity index (χ2v) is 8.58. The van der Waals surface area contributed by atoms with Gasteiger partial charge in [-0.05, 0) is 48.5 Å². The zero-order valence-corrected chi connectivity index (χ0v) is 18.9. The van der Waals surface area contributed by atoms with E-state index in [-0.39, 0.29) is 28.6 Å². The van der Waals surface area contributed by atoms with E-state index in [9.17, 15) is 13.2 Å². The standard InChI is InChI=1S/C22H21ClN2O6S/c1-29-20-9-4-3-8-18(20)25-32(27,28)17-10-11-21(30-2)19(13-17)24-22(26)14-31-16-7-5-6-15(23)12-16/h3-13,25H,14H2,1-2H3,(H,24,26). The number of para-hydroxylation sites is 2. The number of amides is 1. The van der Waals surface area contributed by atoms with Crippen molar-refractivity contribution in [3.05, 3.63) is 71.8 Å². The average Bonchev–Trinajstić information content (AvgIpc) is 2.78. The van der Waals surface area contributed by atoms with Gasteiger partial charge < -0.3 is 19.5 Å². The summed E-state index contributed by atoms with van der Waals surface area (Å²) in [6.07, 6.45) is 0. The number of sulfonamides is 1. The molecule has 0 atom stereocenters. The third-order valence-corrected chi connectivity index (χ3v) is 5.87. The number of nitrogens with one attached hydrogen (secondary N) is 2. The van der Waals surface area contributed by atoms with Gasteiger partial charge in [-0.3, -0.25) is 9.52 Å². The number of rotatable bonds is 9. The molecule has 0 aliphatic carbocycles. The van der Waals surface area contributed by atoms with Gasteiger partial charge in [0.25, 0.3) is 15.9 Å². The first kappa shape index (κ1) is 23.2. The first-order chi connectivity index (χ1) is 15.3. The number of methoxy groups -OCH3 is 2. The summed E-state index contributed by atoms with van der Waals surface area (Å²) in [6, 6.07) is 17.4. The maximum absolute atomic E-state index is 12.9. The molecule has 0 heterocycles. The van der Waals surface area contributed by atoms with Gasteiger partial charge in [0.1, 0.15) is 17.2 Å². The summed E-state index contributed by atoms with van der Waals surface area (Å²) < 4.78 is 44.1. The second-order valence-electron chi connectivity index (χ2n) is 6.46. The van der Waals surface area contributed by atoms with E-state index in [2.05, 4.69) is 10.0 Å². The van der Waals surface area contributed by atoms with E-state index in [0.29, 0.717) is 16.5 Å². The molecule has 3 aromatic rings. The van der Waals surface area contributed by atoms with Crippen molar-refractivity contribution >= 4 is 38.9 Å². The Morgan fingerprint density at radius 2 is 1.62 bits per heavy atom. The number of halogens is 1. The molecule has 168 valence electrons. The van der Waals surface area contributed by atoms with Crippen molar-refractivity contribution in [1.82, 2.24) is 0 Å². The molecule has 8 nitrogen and oxygen atoms in total. The lowest BCUT2D eigenvalue weighted by Gasteiger charge is -2.15. The lowest BCUT2D eigenvalue weighted by atomic mass is 10.3. The summed E-state index contributed by atoms with van der Waals surface area (Å²) in [5, 5.41) is 3.08. The molecule has 2 N–H and O–H groups in total. The van der Waals surface area contributed by atoms with Gasteiger partial charge in [0.15, 0.2) is 6.61 Å². The molecule has 0 spiro atoms. The Morgan fingerprint density at radius 1 is 0.906 bits per heavy atom. The minimum absolute atomic E-state index is 0.0738. The lowest BCUT2D eigenvalue weighted by molar-refractivity contribution is -0.118. The molecule has 0 aliphatic rings. The van der Waals surface area contributed by atoms with Crippen LogP contribution in [0.2, 0.25) is 5.02 Å². The van der Waals surface area contributed by atoms with Crippen molar-refractivity contribution in [2.24, 2.45) is 0 Å². The van der Waals surface area contributed by atoms with E-state index in [1.165, 1.54) is 32.4 Å². The maximum atomic E-state index is 12.9. The van der Waals surface area contributed by atoms with E-state index in [0.717, 1.165) is 0 Å². The van der Waals surface area contributed by atoms with Gasteiger partial charge in [-0.2, -0.15) is 0 Å². The summed E-state index contributed by atoms with van der Waals surface area (Å²) >= 11 is 5.90. The fourth-order valence-electron chi connectivity index (χ4n) is 2.78. The Morgan fingerprint density at radius 3 is 2.34 bits per heavy atom. The molecule has 32 heavy (non-hydrogen) atoms.